The summed E-state index contributed by atoms with van der Waals surface area (Å²) in [7, 11) is 2.97. The molecule has 1 aliphatic carbocycles. The smallest absolute Gasteiger partial charge is 1.00 e. The number of fused-ring (bicyclic) bond motifs is 1. The molecule has 0 nitrogen and oxygen atoms in total. The molecule has 0 aromatic heterocycles. The van der Waals surface area contributed by atoms with Crippen molar-refractivity contribution in [1.29, 1.82) is 0 Å². The molecule has 4 rings (SSSR count). The molecular weight excluding hydrogens is 527 g/mol. The van der Waals surface area contributed by atoms with Crippen molar-refractivity contribution in [2.75, 3.05) is 0 Å². The number of unbranched alkanes of at least 4 members (excludes halogenated alkanes) is 3. The first-order chi connectivity index (χ1) is 14.3. The molecule has 0 saturated carbocycles. The molecule has 32 heavy (non-hydrogen) atoms. The predicted molar refractivity (Wildman–Crippen MR) is 133 cm³/mol. The Morgan fingerprint density at radius 1 is 0.906 bits per heavy atom. The number of allylic oxidation sites excluding steroid dienone is 4. The molecule has 0 bridgehead atoms. The Hall–Kier alpha value is -0.790. The van der Waals surface area contributed by atoms with Crippen LogP contribution in [-0.4, -0.2) is 10.2 Å². The van der Waals surface area contributed by atoms with E-state index in [1.165, 1.54) is 53.1 Å². The summed E-state index contributed by atoms with van der Waals surface area (Å²) in [6.07, 6.45) is 15.5. The van der Waals surface area contributed by atoms with Crippen LogP contribution in [0.4, 0.5) is 0 Å². The van der Waals surface area contributed by atoms with Gasteiger partial charge in [-0.15, -0.1) is 41.0 Å². The van der Waals surface area contributed by atoms with Crippen LogP contribution in [0.2, 0.25) is 6.55 Å². The van der Waals surface area contributed by atoms with Crippen molar-refractivity contribution >= 4 is 21.0 Å². The average molecular weight is 562 g/mol. The minimum atomic E-state index is 0. The molecule has 0 amide bonds. The van der Waals surface area contributed by atoms with Gasteiger partial charge in [0.25, 0.3) is 0 Å². The largest absolute Gasteiger partial charge is 4.00 e. The van der Waals surface area contributed by atoms with Crippen molar-refractivity contribution in [1.82, 2.24) is 0 Å². The van der Waals surface area contributed by atoms with Gasteiger partial charge in [0.15, 0.2) is 0 Å². The van der Waals surface area contributed by atoms with E-state index in [1.807, 2.05) is 12.2 Å². The van der Waals surface area contributed by atoms with Gasteiger partial charge >= 0.3 is 26.2 Å². The van der Waals surface area contributed by atoms with Crippen molar-refractivity contribution < 1.29 is 51.0 Å². The number of rotatable bonds is 4. The van der Waals surface area contributed by atoms with E-state index in [2.05, 4.69) is 104 Å². The topological polar surface area (TPSA) is 0 Å². The zero-order valence-corrected chi connectivity index (χ0v) is 24.8. The van der Waals surface area contributed by atoms with Crippen molar-refractivity contribution in [3.63, 3.8) is 0 Å². The summed E-state index contributed by atoms with van der Waals surface area (Å²) in [6, 6.07) is 21.6. The summed E-state index contributed by atoms with van der Waals surface area (Å²) >= 11 is 0. The summed E-state index contributed by atoms with van der Waals surface area (Å²) in [5, 5.41) is 2.69. The molecule has 3 aromatic carbocycles. The summed E-state index contributed by atoms with van der Waals surface area (Å²) in [6.45, 7) is 8.42. The second-order valence-corrected chi connectivity index (χ2v) is 6.92. The molecule has 0 atom stereocenters. The maximum Gasteiger partial charge on any atom is 4.00 e. The first-order valence-electron chi connectivity index (χ1n) is 10.7. The SMILES string of the molecule is CCCCCC.C[Si].Cc1cc2c(-c3ccccc3)cccc2[cH-]1.[C-]1=CC=CC1.[Cl-].[Cl-].[Zr+4]. The van der Waals surface area contributed by atoms with Gasteiger partial charge in [-0.25, -0.2) is 12.2 Å². The van der Waals surface area contributed by atoms with Crippen molar-refractivity contribution in [2.45, 2.75) is 59.4 Å². The fourth-order valence-corrected chi connectivity index (χ4v) is 3.09. The van der Waals surface area contributed by atoms with Crippen molar-refractivity contribution in [3.05, 3.63) is 90.5 Å². The Labute approximate surface area is 231 Å². The third-order valence-corrected chi connectivity index (χ3v) is 4.52. The number of halogens is 2. The molecule has 0 aliphatic heterocycles. The Morgan fingerprint density at radius 3 is 2.00 bits per heavy atom. The van der Waals surface area contributed by atoms with E-state index in [1.54, 1.807) is 6.55 Å². The van der Waals surface area contributed by atoms with Gasteiger partial charge in [-0.05, 0) is 5.56 Å². The van der Waals surface area contributed by atoms with Gasteiger partial charge in [0.05, 0.1) is 0 Å². The van der Waals surface area contributed by atoms with E-state index in [4.69, 9.17) is 0 Å². The molecule has 0 heterocycles. The van der Waals surface area contributed by atoms with Gasteiger partial charge in [-0.3, -0.25) is 6.08 Å². The summed E-state index contributed by atoms with van der Waals surface area (Å²) < 4.78 is 0. The van der Waals surface area contributed by atoms with Crippen LogP contribution in [0.1, 0.15) is 51.5 Å². The maximum atomic E-state index is 2.99. The van der Waals surface area contributed by atoms with E-state index in [9.17, 15) is 0 Å². The zero-order valence-electron chi connectivity index (χ0n) is 19.8. The summed E-state index contributed by atoms with van der Waals surface area (Å²) in [5.41, 5.74) is 3.95. The second-order valence-electron chi connectivity index (χ2n) is 6.92. The molecule has 0 fully saturated rings. The van der Waals surface area contributed by atoms with Crippen LogP contribution in [0.5, 0.6) is 0 Å². The predicted octanol–water partition coefficient (Wildman–Crippen LogP) is 2.63. The van der Waals surface area contributed by atoms with Crippen LogP contribution >= 0.6 is 0 Å². The average Bonchev–Trinajstić information content (AvgIpc) is 3.47. The van der Waals surface area contributed by atoms with Gasteiger partial charge < -0.3 is 24.8 Å². The third-order valence-electron chi connectivity index (χ3n) is 4.52. The fraction of sp³-hybridized carbons (Fsp3) is 0.321. The van der Waals surface area contributed by atoms with Gasteiger partial charge in [-0.2, -0.15) is 12.1 Å². The molecule has 4 heteroatoms. The summed E-state index contributed by atoms with van der Waals surface area (Å²) in [5.74, 6) is 0. The molecule has 3 aromatic rings. The quantitative estimate of drug-likeness (QED) is 0.261. The number of hydrogen-bond donors (Lipinski definition) is 0. The normalized spacial score (nSPS) is 10.0. The molecule has 0 saturated heterocycles. The minimum Gasteiger partial charge on any atom is -1.00 e. The number of aryl methyl sites for hydroxylation is 1. The van der Waals surface area contributed by atoms with Crippen molar-refractivity contribution in [3.8, 4) is 11.1 Å². The Kier molecular flexibility index (Phi) is 26.1. The Balaban J connectivity index is -0.000000445. The number of hydrogen-bond acceptors (Lipinski definition) is 0. The molecule has 169 valence electrons. The molecule has 1 aliphatic rings. The first kappa shape index (κ1) is 35.8. The van der Waals surface area contributed by atoms with Gasteiger partial charge in [-0.1, -0.05) is 95.0 Å². The van der Waals surface area contributed by atoms with E-state index in [0.717, 1.165) is 6.42 Å². The minimum absolute atomic E-state index is 0. The fourth-order valence-electron chi connectivity index (χ4n) is 3.09. The van der Waals surface area contributed by atoms with Crippen LogP contribution < -0.4 is 24.8 Å². The van der Waals surface area contributed by atoms with Gasteiger partial charge in [0.1, 0.15) is 0 Å². The van der Waals surface area contributed by atoms with E-state index in [-0.39, 0.29) is 51.0 Å². The summed E-state index contributed by atoms with van der Waals surface area (Å²) in [4.78, 5) is 0. The van der Waals surface area contributed by atoms with Gasteiger partial charge in [0, 0.05) is 10.2 Å². The van der Waals surface area contributed by atoms with Crippen molar-refractivity contribution in [2.24, 2.45) is 0 Å². The van der Waals surface area contributed by atoms with Gasteiger partial charge in [0.2, 0.25) is 0 Å². The molecule has 0 N–H and O–H groups in total. The maximum absolute atomic E-state index is 2.99. The monoisotopic (exact) mass is 559 g/mol. The van der Waals surface area contributed by atoms with Crippen LogP contribution in [0.25, 0.3) is 21.9 Å². The standard InChI is InChI=1S/C16H13.C6H14.C5H5.CH3Si.2ClH.Zr/c1-12-10-14-8-5-9-15(16(14)11-12)13-6-3-2-4-7-13;1-3-5-6-4-2;1-2-4-5-3-1;1-2;;;/h2-11H,1H3;3-6H2,1-2H3;1-3H,4H2;1H3;2*1H;/q-1;;-1;;;;+4/p-2. The Bertz CT molecular complexity index is 840. The molecular formula is C28H35Cl2SiZr. The second kappa shape index (κ2) is 23.4. The van der Waals surface area contributed by atoms with Crippen LogP contribution in [-0.2, 0) is 26.2 Å². The molecule has 0 spiro atoms. The van der Waals surface area contributed by atoms with Crippen LogP contribution in [0.15, 0.2) is 78.9 Å². The Morgan fingerprint density at radius 2 is 1.53 bits per heavy atom. The molecule has 0 unspecified atom stereocenters. The van der Waals surface area contributed by atoms with E-state index < -0.39 is 0 Å². The first-order valence-corrected chi connectivity index (χ1v) is 11.7. The third kappa shape index (κ3) is 13.7. The van der Waals surface area contributed by atoms with E-state index >= 15 is 0 Å². The van der Waals surface area contributed by atoms with E-state index in [0.29, 0.717) is 0 Å². The zero-order chi connectivity index (χ0) is 21.3. The van der Waals surface area contributed by atoms with Crippen LogP contribution in [0.3, 0.4) is 0 Å². The van der Waals surface area contributed by atoms with Crippen LogP contribution in [0, 0.1) is 13.0 Å². The number of benzene rings is 2. The molecule has 3 radical (unpaired) electrons.